The summed E-state index contributed by atoms with van der Waals surface area (Å²) in [5, 5.41) is 7.39. The van der Waals surface area contributed by atoms with Crippen LogP contribution in [0.2, 0.25) is 0 Å². The molecule has 1 aromatic heterocycles. The van der Waals surface area contributed by atoms with Crippen LogP contribution in [0.25, 0.3) is 50.4 Å². The summed E-state index contributed by atoms with van der Waals surface area (Å²) in [6.07, 6.45) is 26.3. The fraction of sp³-hybridized carbons (Fsp3) is 0.293. The predicted octanol–water partition coefficient (Wildman–Crippen LogP) is 22.7. The molecule has 9 aromatic carbocycles. The Labute approximate surface area is 623 Å². The maximum atomic E-state index is 5.19. The Morgan fingerprint density at radius 2 is 1.06 bits per heavy atom. The van der Waals surface area contributed by atoms with Gasteiger partial charge in [-0.2, -0.15) is 12.6 Å². The van der Waals surface area contributed by atoms with Crippen molar-refractivity contribution in [2.75, 3.05) is 9.80 Å². The van der Waals surface area contributed by atoms with Gasteiger partial charge in [-0.15, -0.1) is 0 Å². The van der Waals surface area contributed by atoms with Crippen molar-refractivity contribution in [1.29, 1.82) is 0 Å². The summed E-state index contributed by atoms with van der Waals surface area (Å²) in [7, 11) is 0. The van der Waals surface area contributed by atoms with Crippen LogP contribution in [-0.4, -0.2) is 17.3 Å². The van der Waals surface area contributed by atoms with Crippen LogP contribution in [-0.2, 0) is 16.2 Å². The average molecular weight is 1370 g/mol. The number of benzene rings is 9. The number of anilines is 3. The number of rotatable bonds is 5. The molecular weight excluding hydrogens is 1270 g/mol. The van der Waals surface area contributed by atoms with Gasteiger partial charge in [-0.05, 0) is 203 Å². The van der Waals surface area contributed by atoms with Crippen molar-refractivity contribution in [3.63, 3.8) is 0 Å². The van der Waals surface area contributed by atoms with Crippen LogP contribution >= 0.6 is 12.6 Å². The first-order valence-corrected chi connectivity index (χ1v) is 39.2. The molecule has 0 spiro atoms. The lowest BCUT2D eigenvalue weighted by Crippen LogP contribution is -2.54. The van der Waals surface area contributed by atoms with E-state index in [4.69, 9.17) is 12.6 Å². The minimum absolute atomic E-state index is 0.0107. The minimum Gasteiger partial charge on any atom is -0.337 e. The lowest BCUT2D eigenvalue weighted by atomic mass is 9.31. The molecule has 3 nitrogen and oxygen atoms in total. The van der Waals surface area contributed by atoms with Crippen LogP contribution in [0.1, 0.15) is 183 Å². The molecular formula is C99H98BN3S. The Kier molecular flexibility index (Phi) is 15.8. The van der Waals surface area contributed by atoms with E-state index in [1.807, 2.05) is 0 Å². The van der Waals surface area contributed by atoms with E-state index in [2.05, 4.69) is 365 Å². The highest BCUT2D eigenvalue weighted by molar-refractivity contribution is 7.80. The third-order valence-corrected chi connectivity index (χ3v) is 25.5. The average Bonchev–Trinajstić information content (AvgIpc) is 1.47. The van der Waals surface area contributed by atoms with E-state index in [0.29, 0.717) is 17.8 Å². The molecule has 3 aliphatic heterocycles. The molecule has 10 aromatic rings. The maximum absolute atomic E-state index is 5.19. The van der Waals surface area contributed by atoms with Crippen LogP contribution in [0.4, 0.5) is 17.1 Å². The molecule has 9 atom stereocenters. The van der Waals surface area contributed by atoms with E-state index in [-0.39, 0.29) is 63.3 Å². The lowest BCUT2D eigenvalue weighted by molar-refractivity contribution is 0.471. The predicted molar refractivity (Wildman–Crippen MR) is 448 cm³/mol. The summed E-state index contributed by atoms with van der Waals surface area (Å²) in [5.74, 6) is 1.30. The molecule has 1 fully saturated rings. The second-order valence-electron chi connectivity index (χ2n) is 35.5. The van der Waals surface area contributed by atoms with Crippen molar-refractivity contribution in [2.45, 2.75) is 160 Å². The molecule has 5 heteroatoms. The van der Waals surface area contributed by atoms with Crippen molar-refractivity contribution < 1.29 is 0 Å². The first kappa shape index (κ1) is 66.7. The van der Waals surface area contributed by atoms with Crippen LogP contribution in [0.5, 0.6) is 0 Å². The molecule has 5 aliphatic carbocycles. The molecule has 0 saturated heterocycles. The number of allylic oxidation sites excluding steroid dienone is 9. The molecule has 1 saturated carbocycles. The normalized spacial score (nSPS) is 22.5. The molecule has 0 radical (unpaired) electrons. The second-order valence-corrected chi connectivity index (χ2v) is 36.3. The van der Waals surface area contributed by atoms with E-state index < -0.39 is 0 Å². The van der Waals surface area contributed by atoms with E-state index in [0.717, 1.165) is 36.0 Å². The monoisotopic (exact) mass is 1370 g/mol. The van der Waals surface area contributed by atoms with Crippen molar-refractivity contribution in [1.82, 2.24) is 4.57 Å². The Bertz CT molecular complexity index is 5620. The SMILES string of the molecule is CC(S)c1ccc2c(c1)c1c(c3ccccc3n(-c3ccccc3)c3ccccc23)=CC2c3ccccc3N(C3=CC4=C5B(c6cc(C(C)(C)C)ccc6C6C(C7=CC=C(C(C)(C)C)CC7)C6C5C3)c3cc(C(C)(C)C)ccc3N4c3ccc(C(C)(C)C)cc3)C3C=CC=CC3c3ccccc3C2C=1. The molecule has 18 rings (SSSR count). The summed E-state index contributed by atoms with van der Waals surface area (Å²) in [4.78, 5) is 5.66. The third kappa shape index (κ3) is 11.0. The molecule has 0 N–H and O–H groups in total. The van der Waals surface area contributed by atoms with Crippen molar-refractivity contribution in [3.8, 4) is 5.69 Å². The summed E-state index contributed by atoms with van der Waals surface area (Å²) in [5.41, 5.74) is 28.7. The Hall–Kier alpha value is -9.29. The second kappa shape index (κ2) is 24.7. The summed E-state index contributed by atoms with van der Waals surface area (Å²) >= 11 is 5.19. The zero-order valence-electron chi connectivity index (χ0n) is 63.0. The Morgan fingerprint density at radius 3 is 1.74 bits per heavy atom. The standard InChI is InChI=1S/C99H98BN3S/c1-60(104)62-41-50-72-74-32-20-23-35-86(74)101(67-27-15-14-16-28-67)88-37-25-21-34-76(88)81-59-80-75-33-22-26-38-89(75)103(87-36-24-19-31-73(87)70-29-17-18-30-71(70)79(80)58-82(81)78(72)53-62)69-56-83-94-92(61-39-42-63(43-40-61)96(2,3)4)93(94)77-51-46-65(98(8,9)10)54-84(77)100-85-55-66(99(11,12)13)47-52-90(85)102(91(57-69)95(83)100)68-48-44-64(45-49-68)97(5,6)7/h14-39,41-42,44-55,57-60,73,79-80,83,87,92-94,104H,40,43,56H2,1-13H3. The fourth-order valence-corrected chi connectivity index (χ4v) is 20.0. The van der Waals surface area contributed by atoms with Gasteiger partial charge in [-0.1, -0.05) is 305 Å². The Morgan fingerprint density at radius 1 is 0.462 bits per heavy atom. The van der Waals surface area contributed by atoms with E-state index in [1.54, 1.807) is 22.2 Å². The number of para-hydroxylation sites is 4. The molecule has 9 unspecified atom stereocenters. The van der Waals surface area contributed by atoms with Gasteiger partial charge in [0.2, 0.25) is 6.71 Å². The van der Waals surface area contributed by atoms with Gasteiger partial charge < -0.3 is 14.4 Å². The molecule has 8 aliphatic rings. The minimum atomic E-state index is -0.0795. The molecule has 0 amide bonds. The van der Waals surface area contributed by atoms with Crippen molar-refractivity contribution in [2.24, 2.45) is 23.2 Å². The zero-order valence-corrected chi connectivity index (χ0v) is 63.9. The first-order chi connectivity index (χ1) is 50.0. The highest BCUT2D eigenvalue weighted by Crippen LogP contribution is 2.68. The van der Waals surface area contributed by atoms with Gasteiger partial charge in [0.25, 0.3) is 0 Å². The van der Waals surface area contributed by atoms with E-state index in [1.165, 1.54) is 110 Å². The Balaban J connectivity index is 0.947. The number of hydrogen-bond acceptors (Lipinski definition) is 3. The summed E-state index contributed by atoms with van der Waals surface area (Å²) < 4.78 is 2.52. The highest BCUT2D eigenvalue weighted by Gasteiger charge is 2.63. The largest absolute Gasteiger partial charge is 0.337 e. The van der Waals surface area contributed by atoms with Gasteiger partial charge in [0.1, 0.15) is 0 Å². The fourth-order valence-electron chi connectivity index (χ4n) is 19.8. The number of nitrogens with zero attached hydrogens (tertiary/aromatic N) is 3. The molecule has 518 valence electrons. The van der Waals surface area contributed by atoms with Gasteiger partial charge in [0.15, 0.2) is 0 Å². The van der Waals surface area contributed by atoms with Gasteiger partial charge in [-0.3, -0.25) is 0 Å². The van der Waals surface area contributed by atoms with Gasteiger partial charge in [-0.25, -0.2) is 0 Å². The topological polar surface area (TPSA) is 11.4 Å². The molecule has 4 heterocycles. The molecule has 104 heavy (non-hydrogen) atoms. The number of hydrogen-bond donors (Lipinski definition) is 1. The summed E-state index contributed by atoms with van der Waals surface area (Å²) in [6.45, 7) is 31.0. The lowest BCUT2D eigenvalue weighted by Gasteiger charge is -2.47. The van der Waals surface area contributed by atoms with Crippen LogP contribution in [0.15, 0.2) is 277 Å². The zero-order chi connectivity index (χ0) is 71.6. The quantitative estimate of drug-likeness (QED) is 0.136. The van der Waals surface area contributed by atoms with E-state index in [9.17, 15) is 0 Å². The van der Waals surface area contributed by atoms with Gasteiger partial charge in [0, 0.05) is 67.9 Å². The molecule has 0 bridgehead atoms. The van der Waals surface area contributed by atoms with Crippen molar-refractivity contribution in [3.05, 3.63) is 332 Å². The van der Waals surface area contributed by atoms with Gasteiger partial charge in [0.05, 0.1) is 17.1 Å². The van der Waals surface area contributed by atoms with E-state index >= 15 is 0 Å². The highest BCUT2D eigenvalue weighted by atomic mass is 32.1. The van der Waals surface area contributed by atoms with Gasteiger partial charge >= 0.3 is 0 Å². The van der Waals surface area contributed by atoms with Crippen LogP contribution in [0, 0.1) is 23.2 Å². The van der Waals surface area contributed by atoms with Crippen molar-refractivity contribution >= 4 is 92.1 Å². The maximum Gasteiger partial charge on any atom is 0.242 e. The number of aromatic nitrogens is 1. The summed E-state index contributed by atoms with van der Waals surface area (Å²) in [6, 6.07) is 81.0. The number of thiol groups is 1. The first-order valence-electron chi connectivity index (χ1n) is 38.6. The van der Waals surface area contributed by atoms with Crippen LogP contribution in [0.3, 0.4) is 0 Å². The van der Waals surface area contributed by atoms with Crippen LogP contribution < -0.4 is 31.2 Å². The smallest absolute Gasteiger partial charge is 0.242 e. The third-order valence-electron chi connectivity index (χ3n) is 25.2. The number of fused-ring (bicyclic) bond motifs is 21.